The molecule has 92 valence electrons. The summed E-state index contributed by atoms with van der Waals surface area (Å²) in [6.07, 6.45) is 0. The molecule has 0 aliphatic rings. The van der Waals surface area contributed by atoms with E-state index in [2.05, 4.69) is 48.4 Å². The molecular formula is C12H17N3S2. The summed E-state index contributed by atoms with van der Waals surface area (Å²) in [6, 6.07) is 0. The molecule has 1 N–H and O–H groups in total. The molecule has 0 aromatic carbocycles. The Kier molecular flexibility index (Phi) is 3.49. The molecule has 0 aliphatic heterocycles. The van der Waals surface area contributed by atoms with Crippen molar-refractivity contribution in [2.45, 2.75) is 33.1 Å². The van der Waals surface area contributed by atoms with Crippen molar-refractivity contribution in [3.8, 4) is 10.6 Å². The molecule has 0 saturated carbocycles. The van der Waals surface area contributed by atoms with Gasteiger partial charge in [0.25, 0.3) is 0 Å². The van der Waals surface area contributed by atoms with Crippen molar-refractivity contribution in [2.75, 3.05) is 11.9 Å². The number of hydrogen-bond acceptors (Lipinski definition) is 5. The zero-order chi connectivity index (χ0) is 12.5. The van der Waals surface area contributed by atoms with E-state index in [-0.39, 0.29) is 5.41 Å². The lowest BCUT2D eigenvalue weighted by atomic mass is 9.91. The summed E-state index contributed by atoms with van der Waals surface area (Å²) < 4.78 is 0. The van der Waals surface area contributed by atoms with Gasteiger partial charge in [-0.05, 0) is 6.92 Å². The normalized spacial score (nSPS) is 11.8. The monoisotopic (exact) mass is 267 g/mol. The largest absolute Gasteiger partial charge is 0.362 e. The SMILES string of the molecule is CCNc1nc(-c2scnc2C(C)(C)C)cs1. The summed E-state index contributed by atoms with van der Waals surface area (Å²) in [7, 11) is 0. The minimum Gasteiger partial charge on any atom is -0.362 e. The van der Waals surface area contributed by atoms with Gasteiger partial charge in [0, 0.05) is 17.3 Å². The first kappa shape index (κ1) is 12.5. The molecule has 0 saturated heterocycles. The Hall–Kier alpha value is -0.940. The average molecular weight is 267 g/mol. The highest BCUT2D eigenvalue weighted by Crippen LogP contribution is 2.36. The second-order valence-electron chi connectivity index (χ2n) is 4.85. The first-order valence-corrected chi connectivity index (χ1v) is 7.42. The summed E-state index contributed by atoms with van der Waals surface area (Å²) in [6.45, 7) is 9.53. The van der Waals surface area contributed by atoms with E-state index in [9.17, 15) is 0 Å². The quantitative estimate of drug-likeness (QED) is 0.913. The first-order valence-electron chi connectivity index (χ1n) is 5.66. The van der Waals surface area contributed by atoms with Gasteiger partial charge in [-0.3, -0.25) is 0 Å². The maximum Gasteiger partial charge on any atom is 0.183 e. The van der Waals surface area contributed by atoms with Crippen LogP contribution in [-0.2, 0) is 5.41 Å². The van der Waals surface area contributed by atoms with Crippen LogP contribution in [-0.4, -0.2) is 16.5 Å². The van der Waals surface area contributed by atoms with E-state index in [0.717, 1.165) is 23.1 Å². The topological polar surface area (TPSA) is 37.8 Å². The smallest absolute Gasteiger partial charge is 0.183 e. The summed E-state index contributed by atoms with van der Waals surface area (Å²) in [5.41, 5.74) is 4.15. The number of thiazole rings is 2. The van der Waals surface area contributed by atoms with Crippen LogP contribution in [0.4, 0.5) is 5.13 Å². The fourth-order valence-electron chi connectivity index (χ4n) is 1.57. The molecule has 0 aliphatic carbocycles. The predicted molar refractivity (Wildman–Crippen MR) is 76.1 cm³/mol. The van der Waals surface area contributed by atoms with Crippen LogP contribution >= 0.6 is 22.7 Å². The van der Waals surface area contributed by atoms with Crippen molar-refractivity contribution < 1.29 is 0 Å². The minimum absolute atomic E-state index is 0.0668. The highest BCUT2D eigenvalue weighted by Gasteiger charge is 2.23. The second-order valence-corrected chi connectivity index (χ2v) is 6.56. The maximum absolute atomic E-state index is 4.59. The Morgan fingerprint density at radius 3 is 2.71 bits per heavy atom. The van der Waals surface area contributed by atoms with E-state index < -0.39 is 0 Å². The molecule has 0 unspecified atom stereocenters. The first-order chi connectivity index (χ1) is 8.02. The summed E-state index contributed by atoms with van der Waals surface area (Å²) >= 11 is 3.31. The van der Waals surface area contributed by atoms with Gasteiger partial charge < -0.3 is 5.32 Å². The lowest BCUT2D eigenvalue weighted by molar-refractivity contribution is 0.574. The van der Waals surface area contributed by atoms with E-state index in [1.54, 1.807) is 22.7 Å². The number of nitrogens with one attached hydrogen (secondary N) is 1. The molecule has 0 spiro atoms. The predicted octanol–water partition coefficient (Wildman–Crippen LogP) is 4.00. The molecule has 0 fully saturated rings. The fraction of sp³-hybridized carbons (Fsp3) is 0.500. The Balaban J connectivity index is 2.36. The minimum atomic E-state index is 0.0668. The fourth-order valence-corrected chi connectivity index (χ4v) is 3.38. The molecule has 2 rings (SSSR count). The van der Waals surface area contributed by atoms with Crippen molar-refractivity contribution in [1.29, 1.82) is 0 Å². The van der Waals surface area contributed by atoms with E-state index >= 15 is 0 Å². The highest BCUT2D eigenvalue weighted by molar-refractivity contribution is 7.15. The molecule has 17 heavy (non-hydrogen) atoms. The van der Waals surface area contributed by atoms with Crippen molar-refractivity contribution in [3.63, 3.8) is 0 Å². The van der Waals surface area contributed by atoms with Crippen molar-refractivity contribution in [2.24, 2.45) is 0 Å². The molecule has 2 aromatic rings. The molecule has 2 heterocycles. The van der Waals surface area contributed by atoms with E-state index in [1.165, 1.54) is 4.88 Å². The summed E-state index contributed by atoms with van der Waals surface area (Å²) in [5, 5.41) is 6.32. The third kappa shape index (κ3) is 2.66. The van der Waals surface area contributed by atoms with Crippen LogP contribution in [0.25, 0.3) is 10.6 Å². The molecule has 0 bridgehead atoms. The van der Waals surface area contributed by atoms with Crippen LogP contribution in [0.15, 0.2) is 10.9 Å². The summed E-state index contributed by atoms with van der Waals surface area (Å²) in [4.78, 5) is 10.3. The Bertz CT molecular complexity index is 494. The standard InChI is InChI=1S/C12H17N3S2/c1-5-13-11-15-8(6-16-11)9-10(12(2,3)4)14-7-17-9/h6-7H,5H2,1-4H3,(H,13,15). The van der Waals surface area contributed by atoms with Gasteiger partial charge in [-0.1, -0.05) is 20.8 Å². The third-order valence-electron chi connectivity index (χ3n) is 2.34. The third-order valence-corrected chi connectivity index (χ3v) is 3.99. The van der Waals surface area contributed by atoms with Gasteiger partial charge in [0.1, 0.15) is 0 Å². The van der Waals surface area contributed by atoms with Crippen LogP contribution in [0.5, 0.6) is 0 Å². The van der Waals surface area contributed by atoms with Crippen LogP contribution < -0.4 is 5.32 Å². The van der Waals surface area contributed by atoms with Gasteiger partial charge in [-0.15, -0.1) is 22.7 Å². The van der Waals surface area contributed by atoms with Gasteiger partial charge in [-0.25, -0.2) is 9.97 Å². The number of nitrogens with zero attached hydrogens (tertiary/aromatic N) is 2. The Morgan fingerprint density at radius 1 is 1.29 bits per heavy atom. The van der Waals surface area contributed by atoms with Gasteiger partial charge in [0.05, 0.1) is 21.8 Å². The van der Waals surface area contributed by atoms with Gasteiger partial charge in [-0.2, -0.15) is 0 Å². The van der Waals surface area contributed by atoms with Crippen molar-refractivity contribution in [1.82, 2.24) is 9.97 Å². The van der Waals surface area contributed by atoms with E-state index in [0.29, 0.717) is 0 Å². The van der Waals surface area contributed by atoms with Crippen LogP contribution in [0.2, 0.25) is 0 Å². The lowest BCUT2D eigenvalue weighted by Crippen LogP contribution is -2.12. The van der Waals surface area contributed by atoms with Gasteiger partial charge >= 0.3 is 0 Å². The van der Waals surface area contributed by atoms with Crippen LogP contribution in [0.3, 0.4) is 0 Å². The number of anilines is 1. The second kappa shape index (κ2) is 4.74. The number of rotatable bonds is 3. The van der Waals surface area contributed by atoms with Crippen molar-refractivity contribution in [3.05, 3.63) is 16.6 Å². The van der Waals surface area contributed by atoms with Crippen molar-refractivity contribution >= 4 is 27.8 Å². The molecular weight excluding hydrogens is 250 g/mol. The van der Waals surface area contributed by atoms with Gasteiger partial charge in [0.15, 0.2) is 5.13 Å². The van der Waals surface area contributed by atoms with Crippen LogP contribution in [0, 0.1) is 0 Å². The molecule has 0 amide bonds. The Morgan fingerprint density at radius 2 is 2.06 bits per heavy atom. The number of hydrogen-bond donors (Lipinski definition) is 1. The lowest BCUT2D eigenvalue weighted by Gasteiger charge is -2.16. The Labute approximate surface area is 110 Å². The molecule has 2 aromatic heterocycles. The van der Waals surface area contributed by atoms with E-state index in [1.807, 2.05) is 5.51 Å². The zero-order valence-corrected chi connectivity index (χ0v) is 12.2. The van der Waals surface area contributed by atoms with E-state index in [4.69, 9.17) is 0 Å². The maximum atomic E-state index is 4.59. The molecule has 0 atom stereocenters. The van der Waals surface area contributed by atoms with Crippen LogP contribution in [0.1, 0.15) is 33.4 Å². The zero-order valence-electron chi connectivity index (χ0n) is 10.6. The highest BCUT2D eigenvalue weighted by atomic mass is 32.1. The average Bonchev–Trinajstić information content (AvgIpc) is 2.82. The molecule has 0 radical (unpaired) electrons. The molecule has 3 nitrogen and oxygen atoms in total. The number of aromatic nitrogens is 2. The molecule has 5 heteroatoms. The van der Waals surface area contributed by atoms with Gasteiger partial charge in [0.2, 0.25) is 0 Å². The summed E-state index contributed by atoms with van der Waals surface area (Å²) in [5.74, 6) is 0.